The molecule has 0 saturated heterocycles. The highest BCUT2D eigenvalue weighted by Gasteiger charge is 2.08. The summed E-state index contributed by atoms with van der Waals surface area (Å²) in [5.41, 5.74) is 0.538. The van der Waals surface area contributed by atoms with Crippen molar-refractivity contribution < 1.29 is 14.7 Å². The Balaban J connectivity index is 1.94. The fraction of sp³-hybridized carbons (Fsp3) is 0.0769. The minimum atomic E-state index is -1.01. The number of carbonyl (C=O) groups excluding carboxylic acids is 1. The van der Waals surface area contributed by atoms with Crippen molar-refractivity contribution in [1.29, 1.82) is 0 Å². The second-order valence-electron chi connectivity index (χ2n) is 3.82. The zero-order chi connectivity index (χ0) is 14.5. The first-order valence-corrected chi connectivity index (χ1v) is 8.10. The third-order valence-electron chi connectivity index (χ3n) is 2.32. The van der Waals surface area contributed by atoms with Crippen molar-refractivity contribution in [3.8, 4) is 0 Å². The van der Waals surface area contributed by atoms with E-state index in [1.54, 1.807) is 22.8 Å². The summed E-state index contributed by atoms with van der Waals surface area (Å²) in [7, 11) is 0. The number of thiophene rings is 2. The van der Waals surface area contributed by atoms with Gasteiger partial charge in [-0.05, 0) is 34.1 Å². The van der Waals surface area contributed by atoms with Gasteiger partial charge in [0.1, 0.15) is 0 Å². The molecular weight excluding hydrogens is 362 g/mol. The highest BCUT2D eigenvalue weighted by molar-refractivity contribution is 9.10. The molecule has 0 aliphatic rings. The average molecular weight is 372 g/mol. The molecule has 0 aliphatic carbocycles. The summed E-state index contributed by atoms with van der Waals surface area (Å²) >= 11 is 6.26. The van der Waals surface area contributed by atoms with Gasteiger partial charge in [0.2, 0.25) is 0 Å². The second-order valence-corrected chi connectivity index (χ2v) is 6.68. The first-order valence-electron chi connectivity index (χ1n) is 5.55. The summed E-state index contributed by atoms with van der Waals surface area (Å²) in [5, 5.41) is 15.0. The predicted molar refractivity (Wildman–Crippen MR) is 84.2 cm³/mol. The maximum absolute atomic E-state index is 11.9. The van der Waals surface area contributed by atoms with Crippen molar-refractivity contribution in [2.24, 2.45) is 0 Å². The summed E-state index contributed by atoms with van der Waals surface area (Å²) in [4.78, 5) is 24.1. The summed E-state index contributed by atoms with van der Waals surface area (Å²) in [6.07, 6.45) is 2.52. The molecule has 20 heavy (non-hydrogen) atoms. The summed E-state index contributed by atoms with van der Waals surface area (Å²) in [6.45, 7) is 0.477. The molecular formula is C13H10BrNO3S2. The van der Waals surface area contributed by atoms with Gasteiger partial charge in [-0.3, -0.25) is 4.79 Å². The standard InChI is InChI=1S/C13H10BrNO3S2/c14-9-4-11(20-7-9)5-15-13(18)8-3-10(19-6-8)1-2-12(16)17/h1-4,6-7H,5H2,(H,15,18)(H,16,17). The lowest BCUT2D eigenvalue weighted by Crippen LogP contribution is -2.21. The average Bonchev–Trinajstić information content (AvgIpc) is 3.02. The quantitative estimate of drug-likeness (QED) is 0.789. The molecule has 0 unspecified atom stereocenters. The van der Waals surface area contributed by atoms with Crippen molar-refractivity contribution >= 4 is 56.6 Å². The van der Waals surface area contributed by atoms with E-state index in [1.807, 2.05) is 11.4 Å². The van der Waals surface area contributed by atoms with E-state index in [-0.39, 0.29) is 5.91 Å². The summed E-state index contributed by atoms with van der Waals surface area (Å²) in [5.74, 6) is -1.17. The highest BCUT2D eigenvalue weighted by Crippen LogP contribution is 2.20. The minimum absolute atomic E-state index is 0.166. The molecule has 1 amide bonds. The van der Waals surface area contributed by atoms with Crippen molar-refractivity contribution in [3.63, 3.8) is 0 Å². The van der Waals surface area contributed by atoms with Gasteiger partial charge in [-0.2, -0.15) is 0 Å². The SMILES string of the molecule is O=C(O)C=Cc1cc(C(=O)NCc2cc(Br)cs2)cs1. The van der Waals surface area contributed by atoms with Crippen molar-refractivity contribution in [2.75, 3.05) is 0 Å². The van der Waals surface area contributed by atoms with Gasteiger partial charge in [-0.25, -0.2) is 4.79 Å². The Bertz CT molecular complexity index is 660. The Hall–Kier alpha value is -1.44. The molecule has 2 aromatic heterocycles. The van der Waals surface area contributed by atoms with Crippen LogP contribution >= 0.6 is 38.6 Å². The van der Waals surface area contributed by atoms with Gasteiger partial charge in [-0.15, -0.1) is 22.7 Å². The van der Waals surface area contributed by atoms with Crippen LogP contribution in [0.25, 0.3) is 6.08 Å². The van der Waals surface area contributed by atoms with Gasteiger partial charge < -0.3 is 10.4 Å². The van der Waals surface area contributed by atoms with E-state index in [1.165, 1.54) is 17.4 Å². The topological polar surface area (TPSA) is 66.4 Å². The molecule has 0 spiro atoms. The van der Waals surface area contributed by atoms with Crippen LogP contribution in [0, 0.1) is 0 Å². The van der Waals surface area contributed by atoms with Crippen molar-refractivity contribution in [2.45, 2.75) is 6.54 Å². The Morgan fingerprint density at radius 3 is 2.75 bits per heavy atom. The molecule has 2 aromatic rings. The monoisotopic (exact) mass is 371 g/mol. The van der Waals surface area contributed by atoms with Crippen molar-refractivity contribution in [3.05, 3.63) is 48.8 Å². The number of rotatable bonds is 5. The number of nitrogens with one attached hydrogen (secondary N) is 1. The number of hydrogen-bond acceptors (Lipinski definition) is 4. The Morgan fingerprint density at radius 2 is 2.10 bits per heavy atom. The number of amides is 1. The number of carboxylic acid groups (broad SMARTS) is 1. The van der Waals surface area contributed by atoms with E-state index in [9.17, 15) is 9.59 Å². The van der Waals surface area contributed by atoms with Crippen LogP contribution in [0.2, 0.25) is 0 Å². The first-order chi connectivity index (χ1) is 9.54. The molecule has 0 aliphatic heterocycles. The zero-order valence-electron chi connectivity index (χ0n) is 10.1. The third kappa shape index (κ3) is 4.29. The molecule has 2 rings (SSSR count). The Labute approximate surface area is 131 Å². The largest absolute Gasteiger partial charge is 0.478 e. The van der Waals surface area contributed by atoms with Crippen LogP contribution in [0.4, 0.5) is 0 Å². The number of halogens is 1. The molecule has 0 fully saturated rings. The van der Waals surface area contributed by atoms with E-state index in [0.717, 1.165) is 20.3 Å². The Kier molecular flexibility index (Phi) is 5.11. The molecule has 0 atom stereocenters. The lowest BCUT2D eigenvalue weighted by molar-refractivity contribution is -0.131. The molecule has 2 N–H and O–H groups in total. The molecule has 0 saturated carbocycles. The van der Waals surface area contributed by atoms with Crippen LogP contribution in [-0.4, -0.2) is 17.0 Å². The van der Waals surface area contributed by atoms with E-state index in [0.29, 0.717) is 12.1 Å². The summed E-state index contributed by atoms with van der Waals surface area (Å²) in [6, 6.07) is 3.63. The molecule has 2 heterocycles. The molecule has 4 nitrogen and oxygen atoms in total. The number of aliphatic carboxylic acids is 1. The minimum Gasteiger partial charge on any atom is -0.478 e. The van der Waals surface area contributed by atoms with Gasteiger partial charge in [0.05, 0.1) is 12.1 Å². The summed E-state index contributed by atoms with van der Waals surface area (Å²) < 4.78 is 1.00. The number of hydrogen-bond donors (Lipinski definition) is 2. The van der Waals surface area contributed by atoms with Gasteiger partial charge in [0, 0.05) is 31.1 Å². The first kappa shape index (κ1) is 15.0. The lowest BCUT2D eigenvalue weighted by Gasteiger charge is -2.00. The maximum atomic E-state index is 11.9. The fourth-order valence-corrected chi connectivity index (χ4v) is 3.60. The van der Waals surface area contributed by atoms with Crippen LogP contribution in [0.15, 0.2) is 33.4 Å². The zero-order valence-corrected chi connectivity index (χ0v) is 13.3. The molecule has 104 valence electrons. The molecule has 0 aromatic carbocycles. The van der Waals surface area contributed by atoms with Crippen LogP contribution in [0.1, 0.15) is 20.1 Å². The van der Waals surface area contributed by atoms with E-state index >= 15 is 0 Å². The highest BCUT2D eigenvalue weighted by atomic mass is 79.9. The van der Waals surface area contributed by atoms with Gasteiger partial charge >= 0.3 is 5.97 Å². The fourth-order valence-electron chi connectivity index (χ4n) is 1.43. The lowest BCUT2D eigenvalue weighted by atomic mass is 10.3. The Morgan fingerprint density at radius 1 is 1.30 bits per heavy atom. The van der Waals surface area contributed by atoms with Gasteiger partial charge in [0.15, 0.2) is 0 Å². The molecule has 0 radical (unpaired) electrons. The predicted octanol–water partition coefficient (Wildman–Crippen LogP) is 3.60. The van der Waals surface area contributed by atoms with E-state index in [4.69, 9.17) is 5.11 Å². The van der Waals surface area contributed by atoms with Gasteiger partial charge in [-0.1, -0.05) is 0 Å². The van der Waals surface area contributed by atoms with Crippen LogP contribution in [-0.2, 0) is 11.3 Å². The van der Waals surface area contributed by atoms with E-state index < -0.39 is 5.97 Å². The smallest absolute Gasteiger partial charge is 0.328 e. The van der Waals surface area contributed by atoms with Crippen molar-refractivity contribution in [1.82, 2.24) is 5.32 Å². The number of carbonyl (C=O) groups is 2. The molecule has 0 bridgehead atoms. The number of carboxylic acids is 1. The third-order valence-corrected chi connectivity index (χ3v) is 4.91. The van der Waals surface area contributed by atoms with E-state index in [2.05, 4.69) is 21.2 Å². The van der Waals surface area contributed by atoms with Crippen LogP contribution < -0.4 is 5.32 Å². The maximum Gasteiger partial charge on any atom is 0.328 e. The second kappa shape index (κ2) is 6.83. The van der Waals surface area contributed by atoms with Crippen LogP contribution in [0.3, 0.4) is 0 Å². The molecule has 7 heteroatoms. The van der Waals surface area contributed by atoms with Gasteiger partial charge in [0.25, 0.3) is 5.91 Å². The normalized spacial score (nSPS) is 10.8. The van der Waals surface area contributed by atoms with Crippen LogP contribution in [0.5, 0.6) is 0 Å².